The van der Waals surface area contributed by atoms with E-state index >= 15 is 0 Å². The van der Waals surface area contributed by atoms with Gasteiger partial charge in [0.25, 0.3) is 0 Å². The Bertz CT molecular complexity index is 453. The summed E-state index contributed by atoms with van der Waals surface area (Å²) in [4.78, 5) is 3.73. The number of nitrogens with one attached hydrogen (secondary N) is 1. The molecular formula is C11H11FN2S. The van der Waals surface area contributed by atoms with Crippen LogP contribution in [0.25, 0.3) is 0 Å². The van der Waals surface area contributed by atoms with Crippen molar-refractivity contribution in [2.45, 2.75) is 13.5 Å². The fourth-order valence-corrected chi connectivity index (χ4v) is 2.12. The Hall–Kier alpha value is -1.42. The Morgan fingerprint density at radius 1 is 1.40 bits per heavy atom. The summed E-state index contributed by atoms with van der Waals surface area (Å²) in [5.41, 5.74) is 2.48. The minimum absolute atomic E-state index is 0.456. The second-order valence-electron chi connectivity index (χ2n) is 3.28. The van der Waals surface area contributed by atoms with Gasteiger partial charge in [-0.3, -0.25) is 0 Å². The molecule has 2 rings (SSSR count). The van der Waals surface area contributed by atoms with Crippen molar-refractivity contribution >= 4 is 17.2 Å². The molecule has 0 saturated carbocycles. The summed E-state index contributed by atoms with van der Waals surface area (Å²) in [5.74, 6) is 0.114. The van der Waals surface area contributed by atoms with Gasteiger partial charge in [-0.25, -0.2) is 4.98 Å². The third-order valence-corrected chi connectivity index (χ3v) is 3.05. The summed E-state index contributed by atoms with van der Waals surface area (Å²) in [5, 5.41) is 7.26. The van der Waals surface area contributed by atoms with E-state index in [-0.39, 0.29) is 0 Å². The Kier molecular flexibility index (Phi) is 2.97. The maximum atomic E-state index is 12.8. The lowest BCUT2D eigenvalue weighted by atomic mass is 10.2. The van der Waals surface area contributed by atoms with E-state index in [1.807, 2.05) is 0 Å². The van der Waals surface area contributed by atoms with Crippen LogP contribution in [-0.2, 0) is 6.54 Å². The summed E-state index contributed by atoms with van der Waals surface area (Å²) in [6.07, 6.45) is 0. The number of rotatable bonds is 3. The predicted octanol–water partition coefficient (Wildman–Crippen LogP) is 3.20. The first-order valence-electron chi connectivity index (χ1n) is 4.64. The Labute approximate surface area is 91.8 Å². The van der Waals surface area contributed by atoms with Crippen LogP contribution in [0.15, 0.2) is 29.0 Å². The number of aromatic nitrogens is 1. The lowest BCUT2D eigenvalue weighted by molar-refractivity contribution is 0.585. The number of hydrogen-bond acceptors (Lipinski definition) is 3. The van der Waals surface area contributed by atoms with Gasteiger partial charge in [-0.2, -0.15) is 15.7 Å². The smallest absolute Gasteiger partial charge is 0.214 e. The van der Waals surface area contributed by atoms with Crippen molar-refractivity contribution in [2.75, 3.05) is 5.32 Å². The zero-order valence-corrected chi connectivity index (χ0v) is 9.14. The van der Waals surface area contributed by atoms with E-state index in [1.54, 1.807) is 23.5 Å². The monoisotopic (exact) mass is 222 g/mol. The van der Waals surface area contributed by atoms with Gasteiger partial charge >= 0.3 is 0 Å². The van der Waals surface area contributed by atoms with E-state index in [1.165, 1.54) is 17.2 Å². The molecule has 0 aromatic carbocycles. The molecule has 0 spiro atoms. The molecule has 15 heavy (non-hydrogen) atoms. The largest absolute Gasteiger partial charge is 0.366 e. The van der Waals surface area contributed by atoms with Gasteiger partial charge in [0.2, 0.25) is 5.95 Å². The molecule has 2 nitrogen and oxygen atoms in total. The number of anilines is 1. The fraction of sp³-hybridized carbons (Fsp3) is 0.182. The zero-order valence-electron chi connectivity index (χ0n) is 8.33. The van der Waals surface area contributed by atoms with Gasteiger partial charge in [0.1, 0.15) is 5.82 Å². The molecule has 0 unspecified atom stereocenters. The highest BCUT2D eigenvalue weighted by Gasteiger charge is 2.00. The van der Waals surface area contributed by atoms with Crippen molar-refractivity contribution in [1.29, 1.82) is 0 Å². The van der Waals surface area contributed by atoms with Crippen molar-refractivity contribution in [3.05, 3.63) is 46.0 Å². The van der Waals surface area contributed by atoms with E-state index < -0.39 is 5.95 Å². The van der Waals surface area contributed by atoms with E-state index in [0.717, 1.165) is 0 Å². The van der Waals surface area contributed by atoms with Crippen LogP contribution < -0.4 is 5.32 Å². The summed E-state index contributed by atoms with van der Waals surface area (Å²) >= 11 is 1.67. The third-order valence-electron chi connectivity index (χ3n) is 2.14. The molecule has 0 aliphatic carbocycles. The number of thiophene rings is 1. The third kappa shape index (κ3) is 2.53. The highest BCUT2D eigenvalue weighted by atomic mass is 32.1. The minimum atomic E-state index is -0.456. The van der Waals surface area contributed by atoms with Crippen LogP contribution in [0.5, 0.6) is 0 Å². The predicted molar refractivity (Wildman–Crippen MR) is 60.6 cm³/mol. The molecule has 0 fully saturated rings. The standard InChI is InChI=1S/C11H11FN2S/c1-8-6-15-7-9(8)5-13-11-4-2-3-10(12)14-11/h2-4,6-7H,5H2,1H3,(H,13,14). The molecule has 0 aliphatic heterocycles. The lowest BCUT2D eigenvalue weighted by Gasteiger charge is -2.04. The zero-order chi connectivity index (χ0) is 10.7. The number of nitrogens with zero attached hydrogens (tertiary/aromatic N) is 1. The normalized spacial score (nSPS) is 10.3. The highest BCUT2D eigenvalue weighted by molar-refractivity contribution is 7.08. The number of aryl methyl sites for hydroxylation is 1. The summed E-state index contributed by atoms with van der Waals surface area (Å²) in [6.45, 7) is 2.75. The highest BCUT2D eigenvalue weighted by Crippen LogP contribution is 2.15. The molecular weight excluding hydrogens is 211 g/mol. The molecule has 78 valence electrons. The first-order chi connectivity index (χ1) is 7.25. The van der Waals surface area contributed by atoms with E-state index in [2.05, 4.69) is 28.0 Å². The molecule has 0 radical (unpaired) electrons. The summed E-state index contributed by atoms with van der Waals surface area (Å²) in [7, 11) is 0. The maximum absolute atomic E-state index is 12.8. The van der Waals surface area contributed by atoms with Crippen LogP contribution in [0.3, 0.4) is 0 Å². The summed E-state index contributed by atoms with van der Waals surface area (Å²) < 4.78 is 12.8. The van der Waals surface area contributed by atoms with Gasteiger partial charge in [-0.15, -0.1) is 0 Å². The molecule has 0 atom stereocenters. The van der Waals surface area contributed by atoms with Gasteiger partial charge in [-0.05, 0) is 40.9 Å². The van der Waals surface area contributed by atoms with E-state index in [9.17, 15) is 4.39 Å². The molecule has 2 aromatic heterocycles. The quantitative estimate of drug-likeness (QED) is 0.807. The Balaban J connectivity index is 2.02. The fourth-order valence-electron chi connectivity index (χ4n) is 1.26. The van der Waals surface area contributed by atoms with Gasteiger partial charge in [0.05, 0.1) is 0 Å². The molecule has 2 heterocycles. The second kappa shape index (κ2) is 4.40. The Morgan fingerprint density at radius 2 is 2.27 bits per heavy atom. The number of halogens is 1. The number of pyridine rings is 1. The van der Waals surface area contributed by atoms with Gasteiger partial charge in [0, 0.05) is 6.54 Å². The van der Waals surface area contributed by atoms with E-state index in [0.29, 0.717) is 12.4 Å². The van der Waals surface area contributed by atoms with Gasteiger partial charge in [0.15, 0.2) is 0 Å². The maximum Gasteiger partial charge on any atom is 0.214 e. The molecule has 0 saturated heterocycles. The number of hydrogen-bond donors (Lipinski definition) is 1. The first kappa shape index (κ1) is 10.1. The van der Waals surface area contributed by atoms with Crippen molar-refractivity contribution in [3.63, 3.8) is 0 Å². The van der Waals surface area contributed by atoms with Crippen LogP contribution in [0.2, 0.25) is 0 Å². The molecule has 0 bridgehead atoms. The Morgan fingerprint density at radius 3 is 2.93 bits per heavy atom. The van der Waals surface area contributed by atoms with Crippen molar-refractivity contribution in [2.24, 2.45) is 0 Å². The van der Waals surface area contributed by atoms with Gasteiger partial charge in [-0.1, -0.05) is 6.07 Å². The first-order valence-corrected chi connectivity index (χ1v) is 5.58. The van der Waals surface area contributed by atoms with Crippen LogP contribution >= 0.6 is 11.3 Å². The average molecular weight is 222 g/mol. The van der Waals surface area contributed by atoms with Crippen LogP contribution in [-0.4, -0.2) is 4.98 Å². The van der Waals surface area contributed by atoms with Crippen LogP contribution in [0.1, 0.15) is 11.1 Å². The molecule has 1 N–H and O–H groups in total. The van der Waals surface area contributed by atoms with Crippen LogP contribution in [0, 0.1) is 12.9 Å². The molecule has 0 amide bonds. The van der Waals surface area contributed by atoms with Gasteiger partial charge < -0.3 is 5.32 Å². The minimum Gasteiger partial charge on any atom is -0.366 e. The van der Waals surface area contributed by atoms with Crippen LogP contribution in [0.4, 0.5) is 10.2 Å². The lowest BCUT2D eigenvalue weighted by Crippen LogP contribution is -2.01. The topological polar surface area (TPSA) is 24.9 Å². The molecule has 2 aromatic rings. The molecule has 0 aliphatic rings. The van der Waals surface area contributed by atoms with Crippen molar-refractivity contribution in [1.82, 2.24) is 4.98 Å². The summed E-state index contributed by atoms with van der Waals surface area (Å²) in [6, 6.07) is 4.73. The average Bonchev–Trinajstić information content (AvgIpc) is 2.61. The second-order valence-corrected chi connectivity index (χ2v) is 4.02. The van der Waals surface area contributed by atoms with Crippen molar-refractivity contribution < 1.29 is 4.39 Å². The SMILES string of the molecule is Cc1cscc1CNc1cccc(F)n1. The van der Waals surface area contributed by atoms with Crippen molar-refractivity contribution in [3.8, 4) is 0 Å². The molecule has 4 heteroatoms. The van der Waals surface area contributed by atoms with E-state index in [4.69, 9.17) is 0 Å².